The minimum absolute atomic E-state index is 0.123. The lowest BCUT2D eigenvalue weighted by atomic mass is 10.1. The largest absolute Gasteiger partial charge is 0.333 e. The first-order chi connectivity index (χ1) is 14.3. The number of hydrogen-bond acceptors (Lipinski definition) is 7. The molecule has 1 aliphatic rings. The normalized spacial score (nSPS) is 15.7. The van der Waals surface area contributed by atoms with Crippen molar-refractivity contribution in [2.75, 3.05) is 13.7 Å². The zero-order chi connectivity index (χ0) is 22.5. The molecule has 0 aromatic rings. The zero-order valence-corrected chi connectivity index (χ0v) is 20.1. The summed E-state index contributed by atoms with van der Waals surface area (Å²) in [5.74, 6) is -1.38. The van der Waals surface area contributed by atoms with Crippen LogP contribution in [0, 0.1) is 0 Å². The molecule has 0 aromatic heterocycles. The van der Waals surface area contributed by atoms with Gasteiger partial charge in [0.25, 0.3) is 20.3 Å². The molecule has 0 aliphatic carbocycles. The molecular formula is C21H39N2O6P. The molecular weight excluding hydrogens is 407 g/mol. The summed E-state index contributed by atoms with van der Waals surface area (Å²) in [6.45, 7) is 9.33. The summed E-state index contributed by atoms with van der Waals surface area (Å²) < 4.78 is 13.8. The van der Waals surface area contributed by atoms with Gasteiger partial charge in [0.1, 0.15) is 0 Å². The fraction of sp³-hybridized carbons (Fsp3) is 0.857. The van der Waals surface area contributed by atoms with Crippen LogP contribution in [0.2, 0.25) is 0 Å². The number of carbonyl (C=O) groups excluding carboxylic acids is 3. The van der Waals surface area contributed by atoms with Gasteiger partial charge in [0.2, 0.25) is 0 Å². The number of carbonyl (C=O) groups is 3. The van der Waals surface area contributed by atoms with Crippen LogP contribution in [-0.4, -0.2) is 53.3 Å². The fourth-order valence-electron chi connectivity index (χ4n) is 3.39. The lowest BCUT2D eigenvalue weighted by Crippen LogP contribution is -2.33. The van der Waals surface area contributed by atoms with Gasteiger partial charge in [-0.3, -0.25) is 9.59 Å². The zero-order valence-electron chi connectivity index (χ0n) is 19.2. The molecule has 1 aliphatic heterocycles. The lowest BCUT2D eigenvalue weighted by molar-refractivity contribution is -0.197. The first kappa shape index (κ1) is 27.0. The Hall–Kier alpha value is -1.08. The van der Waals surface area contributed by atoms with Crippen LogP contribution in [0.3, 0.4) is 0 Å². The molecule has 1 atom stereocenters. The van der Waals surface area contributed by atoms with E-state index in [1.165, 1.54) is 0 Å². The van der Waals surface area contributed by atoms with Crippen LogP contribution in [0.25, 0.3) is 0 Å². The van der Waals surface area contributed by atoms with E-state index in [9.17, 15) is 14.4 Å². The van der Waals surface area contributed by atoms with Crippen molar-refractivity contribution in [1.29, 1.82) is 0 Å². The topological polar surface area (TPSA) is 85.4 Å². The maximum Gasteiger partial charge on any atom is 0.333 e. The molecule has 8 nitrogen and oxygen atoms in total. The van der Waals surface area contributed by atoms with E-state index in [2.05, 4.69) is 32.4 Å². The number of amides is 2. The van der Waals surface area contributed by atoms with Gasteiger partial charge in [-0.15, -0.1) is 5.06 Å². The Kier molecular flexibility index (Phi) is 13.3. The molecule has 0 N–H and O–H groups in total. The van der Waals surface area contributed by atoms with E-state index in [4.69, 9.17) is 13.9 Å². The second kappa shape index (κ2) is 14.8. The van der Waals surface area contributed by atoms with Gasteiger partial charge in [0, 0.05) is 38.5 Å². The maximum atomic E-state index is 11.7. The van der Waals surface area contributed by atoms with Crippen molar-refractivity contribution in [3.8, 4) is 0 Å². The summed E-state index contributed by atoms with van der Waals surface area (Å²) in [7, 11) is 0.702. The Morgan fingerprint density at radius 2 is 1.43 bits per heavy atom. The molecule has 0 spiro atoms. The number of hydrogen-bond donors (Lipinski definition) is 0. The Labute approximate surface area is 182 Å². The van der Waals surface area contributed by atoms with Crippen molar-refractivity contribution in [1.82, 2.24) is 9.73 Å². The van der Waals surface area contributed by atoms with Crippen molar-refractivity contribution >= 4 is 26.3 Å². The van der Waals surface area contributed by atoms with E-state index >= 15 is 0 Å². The van der Waals surface area contributed by atoms with Crippen LogP contribution >= 0.6 is 8.53 Å². The van der Waals surface area contributed by atoms with Gasteiger partial charge >= 0.3 is 5.97 Å². The number of hydroxylamine groups is 2. The summed E-state index contributed by atoms with van der Waals surface area (Å²) in [5, 5.41) is 0.613. The van der Waals surface area contributed by atoms with Crippen LogP contribution in [0.4, 0.5) is 0 Å². The molecule has 1 unspecified atom stereocenters. The van der Waals surface area contributed by atoms with Gasteiger partial charge in [-0.1, -0.05) is 32.1 Å². The third-order valence-corrected chi connectivity index (χ3v) is 6.85. The van der Waals surface area contributed by atoms with Gasteiger partial charge in [0.15, 0.2) is 0 Å². The standard InChI is InChI=1S/C21H39N2O6P/c1-17(2)23(18(3)4)30(27-5)28-16-12-10-8-6-7-9-11-13-21(26)29-22-19(24)14-15-20(22)25/h17-18H,6-16H2,1-5H3. The summed E-state index contributed by atoms with van der Waals surface area (Å²) in [6, 6.07) is 0.759. The van der Waals surface area contributed by atoms with Gasteiger partial charge in [-0.25, -0.2) is 9.46 Å². The van der Waals surface area contributed by atoms with E-state index in [1.807, 2.05) is 0 Å². The smallest absolute Gasteiger partial charge is 0.330 e. The third-order valence-electron chi connectivity index (χ3n) is 4.83. The van der Waals surface area contributed by atoms with Crippen molar-refractivity contribution in [2.45, 2.75) is 104 Å². The molecule has 174 valence electrons. The average molecular weight is 447 g/mol. The van der Waals surface area contributed by atoms with E-state index < -0.39 is 26.3 Å². The van der Waals surface area contributed by atoms with Crippen molar-refractivity contribution in [3.05, 3.63) is 0 Å². The van der Waals surface area contributed by atoms with E-state index in [0.29, 0.717) is 30.2 Å². The molecule has 1 heterocycles. The molecule has 0 radical (unpaired) electrons. The van der Waals surface area contributed by atoms with E-state index in [1.54, 1.807) is 7.11 Å². The highest BCUT2D eigenvalue weighted by Gasteiger charge is 2.32. The summed E-state index contributed by atoms with van der Waals surface area (Å²) in [4.78, 5) is 39.4. The van der Waals surface area contributed by atoms with Gasteiger partial charge in [-0.2, -0.15) is 0 Å². The second-order valence-corrected chi connectivity index (χ2v) is 9.65. The van der Waals surface area contributed by atoms with E-state index in [0.717, 1.165) is 38.5 Å². The lowest BCUT2D eigenvalue weighted by Gasteiger charge is -2.34. The van der Waals surface area contributed by atoms with Crippen molar-refractivity contribution < 1.29 is 28.3 Å². The third kappa shape index (κ3) is 9.82. The second-order valence-electron chi connectivity index (χ2n) is 8.09. The fourth-order valence-corrected chi connectivity index (χ4v) is 4.86. The first-order valence-electron chi connectivity index (χ1n) is 11.1. The molecule has 2 amide bonds. The Bertz CT molecular complexity index is 520. The summed E-state index contributed by atoms with van der Waals surface area (Å²) >= 11 is 0. The molecule has 1 rings (SSSR count). The maximum absolute atomic E-state index is 11.7. The highest BCUT2D eigenvalue weighted by atomic mass is 31.2. The van der Waals surface area contributed by atoms with Crippen LogP contribution in [-0.2, 0) is 28.3 Å². The van der Waals surface area contributed by atoms with Gasteiger partial charge in [0.05, 0.1) is 6.61 Å². The van der Waals surface area contributed by atoms with Gasteiger partial charge < -0.3 is 13.9 Å². The van der Waals surface area contributed by atoms with Crippen LogP contribution in [0.15, 0.2) is 0 Å². The number of imide groups is 1. The Morgan fingerprint density at radius 1 is 0.933 bits per heavy atom. The minimum Gasteiger partial charge on any atom is -0.330 e. The average Bonchev–Trinajstić information content (AvgIpc) is 2.99. The van der Waals surface area contributed by atoms with Gasteiger partial charge in [-0.05, 0) is 40.5 Å². The van der Waals surface area contributed by atoms with Crippen LogP contribution < -0.4 is 0 Å². The van der Waals surface area contributed by atoms with Crippen molar-refractivity contribution in [2.24, 2.45) is 0 Å². The van der Waals surface area contributed by atoms with Crippen molar-refractivity contribution in [3.63, 3.8) is 0 Å². The summed E-state index contributed by atoms with van der Waals surface area (Å²) in [5.41, 5.74) is 0. The molecule has 1 fully saturated rings. The van der Waals surface area contributed by atoms with E-state index in [-0.39, 0.29) is 19.3 Å². The molecule has 0 saturated carbocycles. The van der Waals surface area contributed by atoms with Crippen LogP contribution in [0.1, 0.15) is 91.9 Å². The summed E-state index contributed by atoms with van der Waals surface area (Å²) in [6.07, 6.45) is 7.53. The molecule has 30 heavy (non-hydrogen) atoms. The monoisotopic (exact) mass is 446 g/mol. The minimum atomic E-state index is -1.01. The highest BCUT2D eigenvalue weighted by molar-refractivity contribution is 7.44. The molecule has 1 saturated heterocycles. The Morgan fingerprint density at radius 3 is 1.93 bits per heavy atom. The Balaban J connectivity index is 2.02. The number of nitrogens with zero attached hydrogens (tertiary/aromatic N) is 2. The quantitative estimate of drug-likeness (QED) is 0.193. The molecule has 0 bridgehead atoms. The molecule has 9 heteroatoms. The predicted octanol–water partition coefficient (Wildman–Crippen LogP) is 4.72. The predicted molar refractivity (Wildman–Crippen MR) is 116 cm³/mol. The SMILES string of the molecule is COP(OCCCCCCCCCC(=O)ON1C(=O)CCC1=O)N(C(C)C)C(C)C. The van der Waals surface area contributed by atoms with Crippen LogP contribution in [0.5, 0.6) is 0 Å². The number of rotatable bonds is 16. The first-order valence-corrected chi connectivity index (χ1v) is 12.2. The highest BCUT2D eigenvalue weighted by Crippen LogP contribution is 2.45. The molecule has 0 aromatic carbocycles. The number of unbranched alkanes of at least 4 members (excludes halogenated alkanes) is 6.